The molecule has 2 aliphatic rings. The van der Waals surface area contributed by atoms with Gasteiger partial charge in [0, 0.05) is 27.1 Å². The quantitative estimate of drug-likeness (QED) is 0.352. The van der Waals surface area contributed by atoms with Crippen molar-refractivity contribution in [2.45, 2.75) is 5.92 Å². The molecule has 1 aliphatic carbocycles. The van der Waals surface area contributed by atoms with Crippen molar-refractivity contribution in [3.8, 4) is 11.5 Å². The van der Waals surface area contributed by atoms with Crippen LogP contribution in [0, 0.1) is 0 Å². The average molecular weight is 483 g/mol. The molecule has 4 aromatic carbocycles. The van der Waals surface area contributed by atoms with Gasteiger partial charge in [0.25, 0.3) is 0 Å². The van der Waals surface area contributed by atoms with E-state index in [2.05, 4.69) is 15.9 Å². The first-order valence-electron chi connectivity index (χ1n) is 10.1. The zero-order chi connectivity index (χ0) is 22.0. The molecule has 0 bridgehead atoms. The topological polar surface area (TPSA) is 63.6 Å². The number of phenolic OH excluding ortho intramolecular Hbond substituents is 1. The molecule has 0 saturated carbocycles. The summed E-state index contributed by atoms with van der Waals surface area (Å²) in [7, 11) is 0. The Morgan fingerprint density at radius 3 is 2.28 bits per heavy atom. The number of ether oxygens (including phenoxy) is 1. The van der Waals surface area contributed by atoms with Gasteiger partial charge in [-0.1, -0.05) is 64.5 Å². The van der Waals surface area contributed by atoms with Gasteiger partial charge in [-0.3, -0.25) is 9.59 Å². The van der Waals surface area contributed by atoms with E-state index >= 15 is 0 Å². The molecule has 1 heterocycles. The molecule has 32 heavy (non-hydrogen) atoms. The number of carbonyl (C=O) groups is 2. The molecular formula is C27H15BrO4. The molecule has 0 saturated heterocycles. The molecule has 4 nitrogen and oxygen atoms in total. The molecule has 1 N–H and O–H groups in total. The van der Waals surface area contributed by atoms with Crippen LogP contribution in [0.15, 0.2) is 94.7 Å². The van der Waals surface area contributed by atoms with Crippen LogP contribution in [0.1, 0.15) is 37.8 Å². The molecule has 1 atom stereocenters. The second-order valence-electron chi connectivity index (χ2n) is 7.92. The van der Waals surface area contributed by atoms with E-state index in [9.17, 15) is 14.7 Å². The number of rotatable bonds is 1. The lowest BCUT2D eigenvalue weighted by Crippen LogP contribution is -2.31. The summed E-state index contributed by atoms with van der Waals surface area (Å²) in [5.74, 6) is -0.187. The zero-order valence-electron chi connectivity index (χ0n) is 16.6. The predicted molar refractivity (Wildman–Crippen MR) is 124 cm³/mol. The van der Waals surface area contributed by atoms with E-state index in [0.29, 0.717) is 22.4 Å². The van der Waals surface area contributed by atoms with Crippen LogP contribution >= 0.6 is 15.9 Å². The highest BCUT2D eigenvalue weighted by Gasteiger charge is 2.43. The van der Waals surface area contributed by atoms with Gasteiger partial charge >= 0.3 is 0 Å². The number of hydrogen-bond donors (Lipinski definition) is 1. The summed E-state index contributed by atoms with van der Waals surface area (Å²) in [6, 6.07) is 23.4. The van der Waals surface area contributed by atoms with Crippen LogP contribution in [0.3, 0.4) is 0 Å². The molecule has 1 aliphatic heterocycles. The molecule has 0 spiro atoms. The summed E-state index contributed by atoms with van der Waals surface area (Å²) in [5, 5.41) is 11.7. The van der Waals surface area contributed by atoms with Crippen LogP contribution in [0.5, 0.6) is 11.5 Å². The van der Waals surface area contributed by atoms with Gasteiger partial charge in [-0.25, -0.2) is 0 Å². The Hall–Kier alpha value is -3.70. The number of benzene rings is 4. The number of halogens is 1. The summed E-state index contributed by atoms with van der Waals surface area (Å²) in [6.45, 7) is 0. The van der Waals surface area contributed by atoms with Crippen molar-refractivity contribution in [3.05, 3.63) is 117 Å². The minimum Gasteiger partial charge on any atom is -0.508 e. The second-order valence-corrected chi connectivity index (χ2v) is 8.83. The summed E-state index contributed by atoms with van der Waals surface area (Å²) >= 11 is 3.48. The Morgan fingerprint density at radius 1 is 0.812 bits per heavy atom. The normalized spacial score (nSPS) is 17.0. The molecule has 1 unspecified atom stereocenters. The smallest absolute Gasteiger partial charge is 0.229 e. The molecule has 154 valence electrons. The molecule has 4 aromatic rings. The van der Waals surface area contributed by atoms with Gasteiger partial charge < -0.3 is 9.84 Å². The van der Waals surface area contributed by atoms with Gasteiger partial charge in [0.2, 0.25) is 5.78 Å². The third-order valence-electron chi connectivity index (χ3n) is 6.11. The van der Waals surface area contributed by atoms with E-state index in [4.69, 9.17) is 4.74 Å². The maximum atomic E-state index is 13.7. The number of ketones is 2. The van der Waals surface area contributed by atoms with Gasteiger partial charge in [0.15, 0.2) is 11.5 Å². The molecule has 0 amide bonds. The number of Topliss-reactive ketones (excluding diaryl/α,β-unsaturated/α-hetero) is 2. The van der Waals surface area contributed by atoms with Crippen molar-refractivity contribution in [1.29, 1.82) is 0 Å². The lowest BCUT2D eigenvalue weighted by molar-refractivity contribution is 0.0927. The number of allylic oxidation sites excluding steroid dienone is 2. The van der Waals surface area contributed by atoms with Gasteiger partial charge in [0.05, 0.1) is 5.57 Å². The molecular weight excluding hydrogens is 468 g/mol. The fraction of sp³-hybridized carbons (Fsp3) is 0.0370. The fourth-order valence-electron chi connectivity index (χ4n) is 4.69. The maximum absolute atomic E-state index is 13.7. The van der Waals surface area contributed by atoms with Crippen molar-refractivity contribution in [2.24, 2.45) is 0 Å². The summed E-state index contributed by atoms with van der Waals surface area (Å²) in [5.41, 5.74) is 2.79. The maximum Gasteiger partial charge on any atom is 0.229 e. The van der Waals surface area contributed by atoms with Crippen LogP contribution in [0.4, 0.5) is 0 Å². The number of hydrogen-bond acceptors (Lipinski definition) is 4. The highest BCUT2D eigenvalue weighted by molar-refractivity contribution is 9.10. The van der Waals surface area contributed by atoms with Gasteiger partial charge in [0.1, 0.15) is 11.5 Å². The highest BCUT2D eigenvalue weighted by Crippen LogP contribution is 2.49. The number of aromatic hydroxyl groups is 1. The zero-order valence-corrected chi connectivity index (χ0v) is 18.2. The third-order valence-corrected chi connectivity index (χ3v) is 6.64. The third kappa shape index (κ3) is 2.68. The largest absolute Gasteiger partial charge is 0.508 e. The Kier molecular flexibility index (Phi) is 4.10. The highest BCUT2D eigenvalue weighted by atomic mass is 79.9. The fourth-order valence-corrected chi connectivity index (χ4v) is 4.95. The van der Waals surface area contributed by atoms with E-state index in [1.807, 2.05) is 36.4 Å². The summed E-state index contributed by atoms with van der Waals surface area (Å²) in [4.78, 5) is 27.1. The monoisotopic (exact) mass is 482 g/mol. The van der Waals surface area contributed by atoms with Crippen LogP contribution < -0.4 is 4.74 Å². The minimum absolute atomic E-state index is 0.0900. The standard InChI is InChI=1S/C27H15BrO4/c28-16-8-5-14(6-9-16)22-23-18-11-10-17(29)13-15(18)7-12-21(23)32-27-24(22)25(30)19-3-1-2-4-20(19)26(27)31/h1-13,22,29H. The lowest BCUT2D eigenvalue weighted by atomic mass is 9.74. The summed E-state index contributed by atoms with van der Waals surface area (Å²) in [6.07, 6.45) is 0. The molecule has 0 aromatic heterocycles. The van der Waals surface area contributed by atoms with Crippen LogP contribution in [0.25, 0.3) is 10.8 Å². The van der Waals surface area contributed by atoms with Gasteiger partial charge in [-0.15, -0.1) is 0 Å². The van der Waals surface area contributed by atoms with E-state index < -0.39 is 5.92 Å². The molecule has 6 rings (SSSR count). The number of carbonyl (C=O) groups excluding carboxylic acids is 2. The predicted octanol–water partition coefficient (Wildman–Crippen LogP) is 6.17. The van der Waals surface area contributed by atoms with E-state index in [1.165, 1.54) is 0 Å². The van der Waals surface area contributed by atoms with Gasteiger partial charge in [-0.05, 0) is 46.7 Å². The van der Waals surface area contributed by atoms with Crippen molar-refractivity contribution in [1.82, 2.24) is 0 Å². The molecule has 0 fully saturated rings. The number of phenols is 1. The first kappa shape index (κ1) is 19.0. The van der Waals surface area contributed by atoms with E-state index in [1.54, 1.807) is 42.5 Å². The Morgan fingerprint density at radius 2 is 1.53 bits per heavy atom. The SMILES string of the molecule is O=C1C2=C(C(=O)c3ccccc31)C(c1ccc(Br)cc1)c1c(ccc3cc(O)ccc13)O2. The first-order valence-corrected chi connectivity index (χ1v) is 10.9. The van der Waals surface area contributed by atoms with Crippen molar-refractivity contribution in [2.75, 3.05) is 0 Å². The molecule has 5 heteroatoms. The van der Waals surface area contributed by atoms with Crippen molar-refractivity contribution in [3.63, 3.8) is 0 Å². The summed E-state index contributed by atoms with van der Waals surface area (Å²) < 4.78 is 7.05. The lowest BCUT2D eigenvalue weighted by Gasteiger charge is -2.33. The molecule has 0 radical (unpaired) electrons. The Labute approximate surface area is 191 Å². The van der Waals surface area contributed by atoms with Crippen molar-refractivity contribution < 1.29 is 19.4 Å². The Balaban J connectivity index is 1.69. The average Bonchev–Trinajstić information content (AvgIpc) is 2.81. The van der Waals surface area contributed by atoms with Crippen molar-refractivity contribution >= 4 is 38.3 Å². The second kappa shape index (κ2) is 6.90. The first-order chi connectivity index (χ1) is 15.5. The Bertz CT molecular complexity index is 1500. The van der Waals surface area contributed by atoms with E-state index in [0.717, 1.165) is 26.4 Å². The van der Waals surface area contributed by atoms with E-state index in [-0.39, 0.29) is 23.1 Å². The number of fused-ring (bicyclic) bond motifs is 4. The van der Waals surface area contributed by atoms with Crippen LogP contribution in [-0.2, 0) is 0 Å². The van der Waals surface area contributed by atoms with Crippen LogP contribution in [0.2, 0.25) is 0 Å². The minimum atomic E-state index is -0.486. The van der Waals surface area contributed by atoms with Gasteiger partial charge in [-0.2, -0.15) is 0 Å². The van der Waals surface area contributed by atoms with Crippen LogP contribution in [-0.4, -0.2) is 16.7 Å².